The lowest BCUT2D eigenvalue weighted by atomic mass is 10.1. The summed E-state index contributed by atoms with van der Waals surface area (Å²) < 4.78 is 0. The van der Waals surface area contributed by atoms with E-state index in [0.29, 0.717) is 17.8 Å². The molecule has 2 aromatic heterocycles. The van der Waals surface area contributed by atoms with Crippen molar-refractivity contribution >= 4 is 23.2 Å². The number of nitrogens with one attached hydrogen (secondary N) is 1. The van der Waals surface area contributed by atoms with E-state index in [1.807, 2.05) is 43.6 Å². The number of aromatic nitrogens is 3. The third-order valence-corrected chi connectivity index (χ3v) is 5.00. The Hall–Kier alpha value is -2.80. The van der Waals surface area contributed by atoms with Crippen LogP contribution in [0.25, 0.3) is 11.3 Å². The fourth-order valence-corrected chi connectivity index (χ4v) is 3.50. The molecule has 3 rings (SSSR count). The van der Waals surface area contributed by atoms with E-state index in [1.165, 1.54) is 4.88 Å². The summed E-state index contributed by atoms with van der Waals surface area (Å²) in [5.41, 5.74) is 11.6. The zero-order valence-electron chi connectivity index (χ0n) is 14.8. The molecule has 3 aromatic rings. The number of nitrogen functional groups attached to an aromatic ring is 1. The average molecular weight is 367 g/mol. The van der Waals surface area contributed by atoms with Crippen molar-refractivity contribution in [3.8, 4) is 11.3 Å². The maximum atomic E-state index is 12.4. The van der Waals surface area contributed by atoms with Gasteiger partial charge >= 0.3 is 0 Å². The quantitative estimate of drug-likeness (QED) is 0.653. The van der Waals surface area contributed by atoms with Crippen molar-refractivity contribution in [1.82, 2.24) is 20.3 Å². The molecule has 1 aromatic carbocycles. The van der Waals surface area contributed by atoms with Crippen LogP contribution in [-0.2, 0) is 6.42 Å². The number of nitrogens with two attached hydrogens (primary N) is 1. The maximum Gasteiger partial charge on any atom is 0.251 e. The van der Waals surface area contributed by atoms with Crippen molar-refractivity contribution in [3.05, 3.63) is 57.7 Å². The van der Waals surface area contributed by atoms with Gasteiger partial charge in [0, 0.05) is 28.2 Å². The predicted octanol–water partition coefficient (Wildman–Crippen LogP) is 3.16. The monoisotopic (exact) mass is 367 g/mol. The Morgan fingerprint density at radius 2 is 2.08 bits per heavy atom. The first kappa shape index (κ1) is 18.0. The van der Waals surface area contributed by atoms with Crippen LogP contribution < -0.4 is 11.1 Å². The number of amides is 1. The fourth-order valence-electron chi connectivity index (χ4n) is 2.68. The van der Waals surface area contributed by atoms with Gasteiger partial charge in [0.1, 0.15) is 0 Å². The summed E-state index contributed by atoms with van der Waals surface area (Å²) in [6.45, 7) is 4.50. The van der Waals surface area contributed by atoms with Crippen molar-refractivity contribution < 1.29 is 4.79 Å². The summed E-state index contributed by atoms with van der Waals surface area (Å²) in [6.07, 6.45) is 1.81. The van der Waals surface area contributed by atoms with E-state index in [9.17, 15) is 4.79 Å². The van der Waals surface area contributed by atoms with Crippen LogP contribution in [0.5, 0.6) is 0 Å². The van der Waals surface area contributed by atoms with Gasteiger partial charge in [-0.15, -0.1) is 11.3 Å². The van der Waals surface area contributed by atoms with E-state index in [2.05, 4.69) is 20.3 Å². The number of rotatable bonds is 6. The van der Waals surface area contributed by atoms with Gasteiger partial charge in [0.2, 0.25) is 5.95 Å². The molecular formula is C19H21N5OS. The van der Waals surface area contributed by atoms with Crippen LogP contribution in [0.15, 0.2) is 35.8 Å². The van der Waals surface area contributed by atoms with Gasteiger partial charge in [-0.2, -0.15) is 0 Å². The molecule has 0 aliphatic rings. The van der Waals surface area contributed by atoms with E-state index in [-0.39, 0.29) is 11.9 Å². The lowest BCUT2D eigenvalue weighted by Crippen LogP contribution is -2.24. The van der Waals surface area contributed by atoms with Crippen molar-refractivity contribution in [2.24, 2.45) is 0 Å². The number of carbonyl (C=O) groups is 1. The lowest BCUT2D eigenvalue weighted by Gasteiger charge is -2.08. The molecule has 7 heteroatoms. The van der Waals surface area contributed by atoms with Gasteiger partial charge in [0.25, 0.3) is 5.91 Å². The first-order valence-corrected chi connectivity index (χ1v) is 9.29. The molecule has 0 unspecified atom stereocenters. The Morgan fingerprint density at radius 3 is 2.81 bits per heavy atom. The number of carbonyl (C=O) groups excluding carboxylic acids is 1. The second-order valence-corrected chi connectivity index (χ2v) is 6.99. The number of hydrogen-bond donors (Lipinski definition) is 2. The van der Waals surface area contributed by atoms with Crippen molar-refractivity contribution in [1.29, 1.82) is 0 Å². The molecule has 134 valence electrons. The maximum absolute atomic E-state index is 12.4. The predicted molar refractivity (Wildman–Crippen MR) is 104 cm³/mol. The van der Waals surface area contributed by atoms with Gasteiger partial charge in [-0.1, -0.05) is 12.1 Å². The van der Waals surface area contributed by atoms with E-state index >= 15 is 0 Å². The first-order valence-electron chi connectivity index (χ1n) is 8.41. The minimum Gasteiger partial charge on any atom is -0.368 e. The molecule has 0 atom stereocenters. The van der Waals surface area contributed by atoms with E-state index < -0.39 is 0 Å². The molecule has 0 saturated heterocycles. The number of hydrogen-bond acceptors (Lipinski definition) is 6. The standard InChI is InChI=1S/C19H21N5OS/c1-12-9-16(24-19(20)23-12)14-5-3-6-15(10-14)18(25)21-8-4-7-17-13(2)22-11-26-17/h3,5-6,9-11H,4,7-8H2,1-2H3,(H,21,25)(H2,20,23,24). The fraction of sp³-hybridized carbons (Fsp3) is 0.263. The third-order valence-electron chi connectivity index (χ3n) is 4.00. The molecule has 0 fully saturated rings. The summed E-state index contributed by atoms with van der Waals surface area (Å²) in [7, 11) is 0. The van der Waals surface area contributed by atoms with Crippen molar-refractivity contribution in [2.45, 2.75) is 26.7 Å². The van der Waals surface area contributed by atoms with Crippen LogP contribution >= 0.6 is 11.3 Å². The average Bonchev–Trinajstić information content (AvgIpc) is 3.03. The smallest absolute Gasteiger partial charge is 0.251 e. The van der Waals surface area contributed by atoms with Gasteiger partial charge in [-0.25, -0.2) is 15.0 Å². The summed E-state index contributed by atoms with van der Waals surface area (Å²) >= 11 is 1.66. The molecule has 0 aliphatic carbocycles. The lowest BCUT2D eigenvalue weighted by molar-refractivity contribution is 0.0953. The number of aryl methyl sites for hydroxylation is 3. The van der Waals surface area contributed by atoms with Crippen LogP contribution in [0.2, 0.25) is 0 Å². The Balaban J connectivity index is 1.62. The summed E-state index contributed by atoms with van der Waals surface area (Å²) in [4.78, 5) is 26.3. The molecule has 0 spiro atoms. The summed E-state index contributed by atoms with van der Waals surface area (Å²) in [5.74, 6) is 0.139. The molecule has 0 bridgehead atoms. The zero-order valence-corrected chi connectivity index (χ0v) is 15.6. The number of benzene rings is 1. The molecule has 0 saturated carbocycles. The Bertz CT molecular complexity index is 902. The van der Waals surface area contributed by atoms with Crippen LogP contribution in [0.1, 0.15) is 33.0 Å². The van der Waals surface area contributed by atoms with E-state index in [0.717, 1.165) is 29.8 Å². The molecule has 26 heavy (non-hydrogen) atoms. The number of thiazole rings is 1. The summed E-state index contributed by atoms with van der Waals surface area (Å²) in [6, 6.07) is 9.22. The Kier molecular flexibility index (Phi) is 5.58. The van der Waals surface area contributed by atoms with Crippen LogP contribution in [0.4, 0.5) is 5.95 Å². The molecule has 3 N–H and O–H groups in total. The summed E-state index contributed by atoms with van der Waals surface area (Å²) in [5, 5.41) is 2.97. The van der Waals surface area contributed by atoms with E-state index in [4.69, 9.17) is 5.73 Å². The van der Waals surface area contributed by atoms with Crippen LogP contribution in [0.3, 0.4) is 0 Å². The SMILES string of the molecule is Cc1cc(-c2cccc(C(=O)NCCCc3scnc3C)c2)nc(N)n1. The van der Waals surface area contributed by atoms with Gasteiger partial charge in [0.05, 0.1) is 16.9 Å². The molecular weight excluding hydrogens is 346 g/mol. The third kappa shape index (κ3) is 4.43. The molecule has 1 amide bonds. The second-order valence-electron chi connectivity index (χ2n) is 6.05. The van der Waals surface area contributed by atoms with Gasteiger partial charge < -0.3 is 11.1 Å². The number of anilines is 1. The topological polar surface area (TPSA) is 93.8 Å². The normalized spacial score (nSPS) is 10.7. The van der Waals surface area contributed by atoms with Gasteiger partial charge in [0.15, 0.2) is 0 Å². The minimum absolute atomic E-state index is 0.0911. The second kappa shape index (κ2) is 8.05. The van der Waals surface area contributed by atoms with E-state index in [1.54, 1.807) is 17.4 Å². The molecule has 2 heterocycles. The zero-order chi connectivity index (χ0) is 18.5. The number of nitrogens with zero attached hydrogens (tertiary/aromatic N) is 3. The Labute approximate surface area is 156 Å². The Morgan fingerprint density at radius 1 is 1.23 bits per heavy atom. The molecule has 6 nitrogen and oxygen atoms in total. The highest BCUT2D eigenvalue weighted by molar-refractivity contribution is 7.09. The van der Waals surface area contributed by atoms with Gasteiger partial charge in [-0.3, -0.25) is 4.79 Å². The van der Waals surface area contributed by atoms with Crippen LogP contribution in [0, 0.1) is 13.8 Å². The van der Waals surface area contributed by atoms with Crippen molar-refractivity contribution in [3.63, 3.8) is 0 Å². The largest absolute Gasteiger partial charge is 0.368 e. The first-order chi connectivity index (χ1) is 12.5. The molecule has 0 radical (unpaired) electrons. The van der Waals surface area contributed by atoms with Crippen LogP contribution in [-0.4, -0.2) is 27.4 Å². The minimum atomic E-state index is -0.0911. The van der Waals surface area contributed by atoms with Crippen molar-refractivity contribution in [2.75, 3.05) is 12.3 Å². The highest BCUT2D eigenvalue weighted by Gasteiger charge is 2.09. The highest BCUT2D eigenvalue weighted by atomic mass is 32.1. The molecule has 0 aliphatic heterocycles. The highest BCUT2D eigenvalue weighted by Crippen LogP contribution is 2.20. The van der Waals surface area contributed by atoms with Gasteiger partial charge in [-0.05, 0) is 44.9 Å².